The standard InChI is InChI=1S/C43H49N3O8Si/c1-42(2,3)55(6,7)54-38-37(47)35(53-40(38)46-27-26-36(45-41(46)49)44-39(48)29-14-10-8-11-15-29)28-52-43(30-16-12-9-13-17-30,31-18-22-33(50-4)23-19-31)32-20-24-34(51-5)25-21-32/h8-27,35,37-38,40,47H,28H2,1-7H3,(H,44,45,48,49)/t35-,37+,38-,40-/m1/s1. The summed E-state index contributed by atoms with van der Waals surface area (Å²) in [5.41, 5.74) is 1.05. The van der Waals surface area contributed by atoms with E-state index in [1.807, 2.05) is 84.9 Å². The Labute approximate surface area is 323 Å². The van der Waals surface area contributed by atoms with Crippen molar-refractivity contribution in [2.45, 2.75) is 69.0 Å². The first-order valence-electron chi connectivity index (χ1n) is 18.2. The first-order chi connectivity index (χ1) is 26.3. The van der Waals surface area contributed by atoms with Gasteiger partial charge in [-0.05, 0) is 77.3 Å². The summed E-state index contributed by atoms with van der Waals surface area (Å²) < 4.78 is 32.8. The maximum atomic E-state index is 13.7. The summed E-state index contributed by atoms with van der Waals surface area (Å²) in [4.78, 5) is 30.7. The summed E-state index contributed by atoms with van der Waals surface area (Å²) in [7, 11) is 0.698. The number of rotatable bonds is 13. The third kappa shape index (κ3) is 8.29. The van der Waals surface area contributed by atoms with Gasteiger partial charge in [-0.15, -0.1) is 0 Å². The van der Waals surface area contributed by atoms with Gasteiger partial charge < -0.3 is 33.8 Å². The Morgan fingerprint density at radius 3 is 1.85 bits per heavy atom. The number of aliphatic hydroxyl groups is 1. The van der Waals surface area contributed by atoms with Crippen LogP contribution in [0.4, 0.5) is 5.82 Å². The highest BCUT2D eigenvalue weighted by atomic mass is 28.4. The SMILES string of the molecule is COc1ccc(C(OC[C@H]2O[C@@H](n3ccc(NC(=O)c4ccccc4)nc3=O)[C@H](O[Si](C)(C)C(C)(C)C)[C@H]2O)(c2ccccc2)c2ccc(OC)cc2)cc1. The molecule has 1 aliphatic rings. The average molecular weight is 764 g/mol. The molecule has 0 spiro atoms. The number of nitrogens with zero attached hydrogens (tertiary/aromatic N) is 2. The highest BCUT2D eigenvalue weighted by molar-refractivity contribution is 6.74. The van der Waals surface area contributed by atoms with Crippen molar-refractivity contribution in [2.24, 2.45) is 0 Å². The third-order valence-electron chi connectivity index (χ3n) is 10.6. The van der Waals surface area contributed by atoms with E-state index in [0.29, 0.717) is 17.1 Å². The number of benzene rings is 4. The molecule has 5 aromatic rings. The molecule has 1 saturated heterocycles. The lowest BCUT2D eigenvalue weighted by molar-refractivity contribution is -0.0956. The van der Waals surface area contributed by atoms with E-state index < -0.39 is 50.1 Å². The zero-order chi connectivity index (χ0) is 39.4. The molecule has 0 unspecified atom stereocenters. The number of nitrogens with one attached hydrogen (secondary N) is 1. The van der Waals surface area contributed by atoms with Gasteiger partial charge in [-0.25, -0.2) is 4.79 Å². The van der Waals surface area contributed by atoms with Crippen LogP contribution in [0.5, 0.6) is 11.5 Å². The van der Waals surface area contributed by atoms with Gasteiger partial charge in [-0.2, -0.15) is 4.98 Å². The molecule has 12 heteroatoms. The molecule has 0 radical (unpaired) electrons. The number of carbonyl (C=O) groups excluding carboxylic acids is 1. The number of hydrogen-bond acceptors (Lipinski definition) is 9. The van der Waals surface area contributed by atoms with Crippen LogP contribution in [0.1, 0.15) is 54.0 Å². The second-order valence-electron chi connectivity index (χ2n) is 15.0. The number of anilines is 1. The fourth-order valence-corrected chi connectivity index (χ4v) is 7.75. The molecule has 1 amide bonds. The summed E-state index contributed by atoms with van der Waals surface area (Å²) in [6.07, 6.45) is -2.61. The molecule has 2 heterocycles. The van der Waals surface area contributed by atoms with Gasteiger partial charge in [-0.3, -0.25) is 9.36 Å². The molecule has 0 saturated carbocycles. The highest BCUT2D eigenvalue weighted by Crippen LogP contribution is 2.45. The molecule has 0 bridgehead atoms. The van der Waals surface area contributed by atoms with Gasteiger partial charge in [0, 0.05) is 11.8 Å². The van der Waals surface area contributed by atoms with E-state index >= 15 is 0 Å². The monoisotopic (exact) mass is 763 g/mol. The van der Waals surface area contributed by atoms with E-state index in [4.69, 9.17) is 23.4 Å². The van der Waals surface area contributed by atoms with E-state index in [1.54, 1.807) is 38.5 Å². The molecule has 1 aliphatic heterocycles. The Balaban J connectivity index is 1.38. The van der Waals surface area contributed by atoms with Gasteiger partial charge in [0.1, 0.15) is 41.2 Å². The number of hydrogen-bond donors (Lipinski definition) is 2. The maximum Gasteiger partial charge on any atom is 0.351 e. The summed E-state index contributed by atoms with van der Waals surface area (Å²) in [6.45, 7) is 10.4. The van der Waals surface area contributed by atoms with E-state index in [2.05, 4.69) is 44.2 Å². The van der Waals surface area contributed by atoms with Crippen molar-refractivity contribution >= 4 is 20.0 Å². The molecular weight excluding hydrogens is 715 g/mol. The Hall–Kier alpha value is -5.11. The fourth-order valence-electron chi connectivity index (χ4n) is 6.46. The number of carbonyl (C=O) groups is 1. The second kappa shape index (κ2) is 16.3. The lowest BCUT2D eigenvalue weighted by atomic mass is 9.80. The predicted molar refractivity (Wildman–Crippen MR) is 213 cm³/mol. The van der Waals surface area contributed by atoms with Crippen molar-refractivity contribution in [3.8, 4) is 11.5 Å². The second-order valence-corrected chi connectivity index (χ2v) is 19.8. The molecule has 0 aliphatic carbocycles. The lowest BCUT2D eigenvalue weighted by Crippen LogP contribution is -2.49. The number of methoxy groups -OCH3 is 2. The number of ether oxygens (including phenoxy) is 4. The quantitative estimate of drug-likeness (QED) is 0.0947. The molecule has 6 rings (SSSR count). The van der Waals surface area contributed by atoms with Crippen molar-refractivity contribution in [3.63, 3.8) is 0 Å². The Bertz CT molecular complexity index is 2060. The summed E-state index contributed by atoms with van der Waals surface area (Å²) in [5, 5.41) is 14.6. The molecule has 1 fully saturated rings. The van der Waals surface area contributed by atoms with Crippen LogP contribution in [0.15, 0.2) is 126 Å². The number of amides is 1. The zero-order valence-corrected chi connectivity index (χ0v) is 33.3. The Kier molecular flexibility index (Phi) is 11.7. The summed E-state index contributed by atoms with van der Waals surface area (Å²) in [6, 6.07) is 35.4. The molecule has 2 N–H and O–H groups in total. The number of aromatic nitrogens is 2. The van der Waals surface area contributed by atoms with Crippen molar-refractivity contribution in [1.29, 1.82) is 0 Å². The highest BCUT2D eigenvalue weighted by Gasteiger charge is 2.51. The minimum atomic E-state index is -2.54. The van der Waals surface area contributed by atoms with Crippen LogP contribution in [0.25, 0.3) is 0 Å². The van der Waals surface area contributed by atoms with E-state index in [-0.39, 0.29) is 17.5 Å². The van der Waals surface area contributed by atoms with Gasteiger partial charge in [0.2, 0.25) is 0 Å². The molecule has 288 valence electrons. The molecule has 4 aromatic carbocycles. The van der Waals surface area contributed by atoms with Crippen molar-refractivity contribution in [2.75, 3.05) is 26.1 Å². The molecule has 1 aromatic heterocycles. The molecule has 11 nitrogen and oxygen atoms in total. The van der Waals surface area contributed by atoms with Gasteiger partial charge in [-0.1, -0.05) is 93.6 Å². The van der Waals surface area contributed by atoms with Crippen LogP contribution in [0, 0.1) is 0 Å². The van der Waals surface area contributed by atoms with Gasteiger partial charge in [0.25, 0.3) is 5.91 Å². The van der Waals surface area contributed by atoms with E-state index in [0.717, 1.165) is 16.7 Å². The number of aliphatic hydroxyl groups excluding tert-OH is 1. The smallest absolute Gasteiger partial charge is 0.351 e. The summed E-state index contributed by atoms with van der Waals surface area (Å²) >= 11 is 0. The van der Waals surface area contributed by atoms with Gasteiger partial charge in [0.15, 0.2) is 14.5 Å². The van der Waals surface area contributed by atoms with E-state index in [9.17, 15) is 14.7 Å². The van der Waals surface area contributed by atoms with Crippen LogP contribution in [0.3, 0.4) is 0 Å². The van der Waals surface area contributed by atoms with Crippen LogP contribution in [-0.2, 0) is 19.5 Å². The average Bonchev–Trinajstić information content (AvgIpc) is 3.48. The van der Waals surface area contributed by atoms with Crippen LogP contribution >= 0.6 is 0 Å². The van der Waals surface area contributed by atoms with Crippen molar-refractivity contribution in [1.82, 2.24) is 9.55 Å². The van der Waals surface area contributed by atoms with Gasteiger partial charge in [0.05, 0.1) is 20.8 Å². The Morgan fingerprint density at radius 2 is 1.35 bits per heavy atom. The molecule has 4 atom stereocenters. The molecular formula is C43H49N3O8Si. The minimum absolute atomic E-state index is 0.0852. The largest absolute Gasteiger partial charge is 0.497 e. The fraction of sp³-hybridized carbons (Fsp3) is 0.326. The van der Waals surface area contributed by atoms with E-state index in [1.165, 1.54) is 16.8 Å². The Morgan fingerprint density at radius 1 is 0.818 bits per heavy atom. The maximum absolute atomic E-state index is 13.7. The first kappa shape index (κ1) is 39.6. The minimum Gasteiger partial charge on any atom is -0.497 e. The predicted octanol–water partition coefficient (Wildman–Crippen LogP) is 7.17. The van der Waals surface area contributed by atoms with Crippen molar-refractivity contribution in [3.05, 3.63) is 154 Å². The topological polar surface area (TPSA) is 130 Å². The molecule has 55 heavy (non-hydrogen) atoms. The first-order valence-corrected chi connectivity index (χ1v) is 21.1. The van der Waals surface area contributed by atoms with Crippen LogP contribution in [-0.4, -0.2) is 68.0 Å². The van der Waals surface area contributed by atoms with Gasteiger partial charge >= 0.3 is 5.69 Å². The lowest BCUT2D eigenvalue weighted by Gasteiger charge is -2.40. The third-order valence-corrected chi connectivity index (χ3v) is 15.0. The normalized spacial score (nSPS) is 18.8. The van der Waals surface area contributed by atoms with Crippen molar-refractivity contribution < 1.29 is 33.3 Å². The zero-order valence-electron chi connectivity index (χ0n) is 32.3. The summed E-state index contributed by atoms with van der Waals surface area (Å²) in [5.74, 6) is 1.06. The van der Waals surface area contributed by atoms with Crippen LogP contribution in [0.2, 0.25) is 18.1 Å². The van der Waals surface area contributed by atoms with Crippen LogP contribution < -0.4 is 20.5 Å².